The summed E-state index contributed by atoms with van der Waals surface area (Å²) in [5.74, 6) is 0.847. The van der Waals surface area contributed by atoms with E-state index in [2.05, 4.69) is 27.8 Å². The number of aliphatic imine (C=N–C) groups is 1. The van der Waals surface area contributed by atoms with Crippen LogP contribution < -0.4 is 10.6 Å². The molecule has 2 rings (SSSR count). The molecule has 1 aromatic rings. The van der Waals surface area contributed by atoms with Gasteiger partial charge in [-0.25, -0.2) is 0 Å². The number of unbranched alkanes of at least 4 members (excludes halogenated alkanes) is 1. The van der Waals surface area contributed by atoms with E-state index in [1.54, 1.807) is 7.05 Å². The van der Waals surface area contributed by atoms with Crippen LogP contribution in [0.3, 0.4) is 0 Å². The summed E-state index contributed by atoms with van der Waals surface area (Å²) in [7, 11) is 1.80. The van der Waals surface area contributed by atoms with E-state index in [4.69, 9.17) is 14.2 Å². The van der Waals surface area contributed by atoms with Crippen molar-refractivity contribution in [1.82, 2.24) is 10.6 Å². The minimum atomic E-state index is 0. The molecule has 0 spiro atoms. The minimum Gasteiger partial charge on any atom is -0.379 e. The van der Waals surface area contributed by atoms with Gasteiger partial charge in [0.1, 0.15) is 0 Å². The smallest absolute Gasteiger partial charge is 0.190 e. The van der Waals surface area contributed by atoms with Gasteiger partial charge in [0.05, 0.1) is 19.3 Å². The zero-order chi connectivity index (χ0) is 19.0. The summed E-state index contributed by atoms with van der Waals surface area (Å²) in [5, 5.41) is 6.65. The van der Waals surface area contributed by atoms with Crippen LogP contribution in [0.25, 0.3) is 0 Å². The van der Waals surface area contributed by atoms with Gasteiger partial charge in [-0.1, -0.05) is 30.3 Å². The van der Waals surface area contributed by atoms with Crippen LogP contribution in [-0.2, 0) is 20.8 Å². The maximum Gasteiger partial charge on any atom is 0.190 e. The molecule has 0 radical (unpaired) electrons. The van der Waals surface area contributed by atoms with Crippen LogP contribution in [0.2, 0.25) is 0 Å². The molecule has 1 unspecified atom stereocenters. The fraction of sp³-hybridized carbons (Fsp3) is 0.667. The Balaban J connectivity index is 0.00000392. The van der Waals surface area contributed by atoms with E-state index in [0.29, 0.717) is 12.7 Å². The van der Waals surface area contributed by atoms with Gasteiger partial charge < -0.3 is 24.8 Å². The molecule has 0 saturated carbocycles. The molecule has 1 fully saturated rings. The van der Waals surface area contributed by atoms with E-state index in [1.165, 1.54) is 5.56 Å². The predicted molar refractivity (Wildman–Crippen MR) is 125 cm³/mol. The highest BCUT2D eigenvalue weighted by molar-refractivity contribution is 14.0. The summed E-state index contributed by atoms with van der Waals surface area (Å²) in [5.41, 5.74) is 1.22. The van der Waals surface area contributed by atoms with Gasteiger partial charge in [-0.2, -0.15) is 0 Å². The number of hydrogen-bond donors (Lipinski definition) is 2. The standard InChI is InChI=1S/C21H35N3O3.HI/c1-22-21(24-13-8-15-26-18-20-11-7-16-27-20)23-12-5-6-14-25-17-19-9-3-2-4-10-19;/h2-4,9-10,20H,5-8,11-18H2,1H3,(H2,22,23,24);1H. The lowest BCUT2D eigenvalue weighted by atomic mass is 10.2. The molecule has 0 aromatic heterocycles. The quantitative estimate of drug-likeness (QED) is 0.186. The molecular formula is C21H36IN3O3. The molecule has 0 aliphatic carbocycles. The van der Waals surface area contributed by atoms with Crippen molar-refractivity contribution in [3.05, 3.63) is 35.9 Å². The van der Waals surface area contributed by atoms with Gasteiger partial charge in [-0.15, -0.1) is 24.0 Å². The third-order valence-electron chi connectivity index (χ3n) is 4.43. The average Bonchev–Trinajstić information content (AvgIpc) is 3.22. The number of benzene rings is 1. The molecular weight excluding hydrogens is 469 g/mol. The van der Waals surface area contributed by atoms with Gasteiger partial charge >= 0.3 is 0 Å². The number of nitrogens with zero attached hydrogens (tertiary/aromatic N) is 1. The van der Waals surface area contributed by atoms with Crippen LogP contribution in [0.4, 0.5) is 0 Å². The van der Waals surface area contributed by atoms with E-state index >= 15 is 0 Å². The van der Waals surface area contributed by atoms with Crippen molar-refractivity contribution in [2.24, 2.45) is 4.99 Å². The Kier molecular flexibility index (Phi) is 15.3. The Hall–Kier alpha value is -0.900. The van der Waals surface area contributed by atoms with Crippen LogP contribution in [0, 0.1) is 0 Å². The number of hydrogen-bond acceptors (Lipinski definition) is 4. The Labute approximate surface area is 186 Å². The number of guanidine groups is 1. The molecule has 1 heterocycles. The van der Waals surface area contributed by atoms with E-state index in [0.717, 1.165) is 77.6 Å². The largest absolute Gasteiger partial charge is 0.379 e. The van der Waals surface area contributed by atoms with Crippen LogP contribution in [0.5, 0.6) is 0 Å². The van der Waals surface area contributed by atoms with E-state index in [1.807, 2.05) is 18.2 Å². The molecule has 7 heteroatoms. The summed E-state index contributed by atoms with van der Waals surface area (Å²) >= 11 is 0. The predicted octanol–water partition coefficient (Wildman–Crippen LogP) is 3.35. The van der Waals surface area contributed by atoms with Gasteiger partial charge in [0.25, 0.3) is 0 Å². The summed E-state index contributed by atoms with van der Waals surface area (Å²) in [4.78, 5) is 4.24. The number of nitrogens with one attached hydrogen (secondary N) is 2. The van der Waals surface area contributed by atoms with Gasteiger partial charge in [-0.3, -0.25) is 4.99 Å². The summed E-state index contributed by atoms with van der Waals surface area (Å²) in [6.07, 6.45) is 5.65. The molecule has 1 atom stereocenters. The lowest BCUT2D eigenvalue weighted by molar-refractivity contribution is 0.0168. The van der Waals surface area contributed by atoms with Crippen LogP contribution in [-0.4, -0.2) is 58.6 Å². The first-order valence-corrected chi connectivity index (χ1v) is 10.1. The highest BCUT2D eigenvalue weighted by Crippen LogP contribution is 2.11. The topological polar surface area (TPSA) is 64.1 Å². The summed E-state index contributed by atoms with van der Waals surface area (Å²) in [6.45, 7) is 5.57. The second-order valence-corrected chi connectivity index (χ2v) is 6.73. The van der Waals surface area contributed by atoms with Crippen LogP contribution in [0.1, 0.15) is 37.7 Å². The molecule has 0 bridgehead atoms. The maximum atomic E-state index is 5.70. The molecule has 1 aliphatic heterocycles. The number of rotatable bonds is 13. The van der Waals surface area contributed by atoms with Crippen molar-refractivity contribution in [3.8, 4) is 0 Å². The lowest BCUT2D eigenvalue weighted by Crippen LogP contribution is -2.38. The number of halogens is 1. The number of ether oxygens (including phenoxy) is 3. The zero-order valence-corrected chi connectivity index (χ0v) is 19.4. The van der Waals surface area contributed by atoms with E-state index in [-0.39, 0.29) is 24.0 Å². The average molecular weight is 505 g/mol. The second-order valence-electron chi connectivity index (χ2n) is 6.73. The van der Waals surface area contributed by atoms with E-state index < -0.39 is 0 Å². The SMILES string of the molecule is CN=C(NCCCCOCc1ccccc1)NCCCOCC1CCCO1.I. The normalized spacial score (nSPS) is 16.6. The molecule has 1 saturated heterocycles. The Morgan fingerprint density at radius 3 is 2.54 bits per heavy atom. The third-order valence-corrected chi connectivity index (χ3v) is 4.43. The molecule has 160 valence electrons. The third kappa shape index (κ3) is 11.8. The van der Waals surface area contributed by atoms with Crippen molar-refractivity contribution in [2.75, 3.05) is 46.6 Å². The molecule has 0 amide bonds. The maximum absolute atomic E-state index is 5.70. The second kappa shape index (κ2) is 17.0. The fourth-order valence-corrected chi connectivity index (χ4v) is 2.89. The first-order chi connectivity index (χ1) is 13.4. The highest BCUT2D eigenvalue weighted by atomic mass is 127. The molecule has 1 aliphatic rings. The van der Waals surface area contributed by atoms with Gasteiger partial charge in [-0.05, 0) is 37.7 Å². The highest BCUT2D eigenvalue weighted by Gasteiger charge is 2.14. The molecule has 2 N–H and O–H groups in total. The first-order valence-electron chi connectivity index (χ1n) is 10.1. The van der Waals surface area contributed by atoms with E-state index in [9.17, 15) is 0 Å². The van der Waals surface area contributed by atoms with Crippen LogP contribution >= 0.6 is 24.0 Å². The van der Waals surface area contributed by atoms with Crippen molar-refractivity contribution in [2.45, 2.75) is 44.8 Å². The fourth-order valence-electron chi connectivity index (χ4n) is 2.89. The molecule has 28 heavy (non-hydrogen) atoms. The van der Waals surface area contributed by atoms with Crippen molar-refractivity contribution in [1.29, 1.82) is 0 Å². The van der Waals surface area contributed by atoms with Gasteiger partial charge in [0.15, 0.2) is 5.96 Å². The van der Waals surface area contributed by atoms with Crippen LogP contribution in [0.15, 0.2) is 35.3 Å². The van der Waals surface area contributed by atoms with Crippen molar-refractivity contribution < 1.29 is 14.2 Å². The van der Waals surface area contributed by atoms with Crippen molar-refractivity contribution >= 4 is 29.9 Å². The first kappa shape index (κ1) is 25.1. The summed E-state index contributed by atoms with van der Waals surface area (Å²) < 4.78 is 16.9. The minimum absolute atomic E-state index is 0. The van der Waals surface area contributed by atoms with Crippen molar-refractivity contribution in [3.63, 3.8) is 0 Å². The Morgan fingerprint density at radius 1 is 1.07 bits per heavy atom. The van der Waals surface area contributed by atoms with Gasteiger partial charge in [0.2, 0.25) is 0 Å². The Morgan fingerprint density at radius 2 is 1.82 bits per heavy atom. The Bertz CT molecular complexity index is 511. The summed E-state index contributed by atoms with van der Waals surface area (Å²) in [6, 6.07) is 10.3. The zero-order valence-electron chi connectivity index (χ0n) is 17.0. The monoisotopic (exact) mass is 505 g/mol. The lowest BCUT2D eigenvalue weighted by Gasteiger charge is -2.13. The molecule has 1 aromatic carbocycles. The molecule has 6 nitrogen and oxygen atoms in total. The van der Waals surface area contributed by atoms with Gasteiger partial charge in [0, 0.05) is 40.0 Å².